The highest BCUT2D eigenvalue weighted by Crippen LogP contribution is 2.46. The van der Waals surface area contributed by atoms with Crippen LogP contribution in [0.5, 0.6) is 0 Å². The van der Waals surface area contributed by atoms with E-state index in [-0.39, 0.29) is 23.2 Å². The first-order valence-electron chi connectivity index (χ1n) is 9.02. The maximum Gasteiger partial charge on any atom is 0.338 e. The van der Waals surface area contributed by atoms with Crippen molar-refractivity contribution in [1.82, 2.24) is 5.32 Å². The van der Waals surface area contributed by atoms with Crippen LogP contribution >= 0.6 is 11.8 Å². The van der Waals surface area contributed by atoms with Crippen LogP contribution in [0.1, 0.15) is 33.6 Å². The van der Waals surface area contributed by atoms with Crippen molar-refractivity contribution in [3.8, 4) is 0 Å². The summed E-state index contributed by atoms with van der Waals surface area (Å²) >= 11 is 1.56. The maximum atomic E-state index is 12.6. The lowest BCUT2D eigenvalue weighted by atomic mass is 9.79. The number of benzene rings is 2. The van der Waals surface area contributed by atoms with Crippen molar-refractivity contribution in [3.63, 3.8) is 0 Å². The summed E-state index contributed by atoms with van der Waals surface area (Å²) < 4.78 is 5.68. The molecule has 0 radical (unpaired) electrons. The third-order valence-corrected chi connectivity index (χ3v) is 6.95. The average molecular weight is 383 g/mol. The molecule has 2 N–H and O–H groups in total. The van der Waals surface area contributed by atoms with Crippen molar-refractivity contribution in [2.45, 2.75) is 35.8 Å². The molecule has 1 saturated heterocycles. The molecule has 140 valence electrons. The van der Waals surface area contributed by atoms with E-state index in [4.69, 9.17) is 4.74 Å². The number of rotatable bonds is 4. The van der Waals surface area contributed by atoms with Crippen LogP contribution in [0.2, 0.25) is 0 Å². The number of aliphatic hydroxyl groups excluding tert-OH is 1. The van der Waals surface area contributed by atoms with Gasteiger partial charge in [0.25, 0.3) is 5.91 Å². The molecule has 1 aliphatic heterocycles. The third-order valence-electron chi connectivity index (χ3n) is 5.32. The first-order valence-corrected chi connectivity index (χ1v) is 10.1. The van der Waals surface area contributed by atoms with Gasteiger partial charge in [0.1, 0.15) is 6.10 Å². The zero-order valence-electron chi connectivity index (χ0n) is 14.7. The molecule has 2 aromatic carbocycles. The van der Waals surface area contributed by atoms with E-state index < -0.39 is 11.6 Å². The molecular weight excluding hydrogens is 362 g/mol. The summed E-state index contributed by atoms with van der Waals surface area (Å²) in [6.07, 6.45) is 0.0742. The summed E-state index contributed by atoms with van der Waals surface area (Å²) in [5, 5.41) is 13.7. The fourth-order valence-corrected chi connectivity index (χ4v) is 5.52. The molecule has 27 heavy (non-hydrogen) atoms. The first kappa shape index (κ1) is 18.1. The number of nitrogens with one attached hydrogen (secondary N) is 1. The van der Waals surface area contributed by atoms with Crippen molar-refractivity contribution in [2.75, 3.05) is 5.75 Å². The highest BCUT2D eigenvalue weighted by Gasteiger charge is 2.56. The molecule has 0 spiro atoms. The second kappa shape index (κ2) is 7.37. The van der Waals surface area contributed by atoms with Gasteiger partial charge in [-0.25, -0.2) is 4.79 Å². The van der Waals surface area contributed by atoms with E-state index in [0.717, 1.165) is 0 Å². The van der Waals surface area contributed by atoms with Crippen molar-refractivity contribution >= 4 is 23.6 Å². The molecule has 5 nitrogen and oxygen atoms in total. The fourth-order valence-electron chi connectivity index (χ4n) is 3.80. The Labute approximate surface area is 162 Å². The summed E-state index contributed by atoms with van der Waals surface area (Å²) in [5.74, 6) is 0.0494. The van der Waals surface area contributed by atoms with E-state index in [2.05, 4.69) is 5.32 Å². The lowest BCUT2D eigenvalue weighted by Crippen LogP contribution is -2.61. The van der Waals surface area contributed by atoms with Crippen LogP contribution in [0, 0.1) is 0 Å². The Morgan fingerprint density at radius 3 is 2.33 bits per heavy atom. The topological polar surface area (TPSA) is 75.6 Å². The van der Waals surface area contributed by atoms with Crippen molar-refractivity contribution < 1.29 is 19.4 Å². The number of aliphatic hydroxyl groups is 1. The highest BCUT2D eigenvalue weighted by atomic mass is 32.2. The molecule has 2 aliphatic rings. The van der Waals surface area contributed by atoms with Gasteiger partial charge in [0, 0.05) is 11.3 Å². The van der Waals surface area contributed by atoms with Crippen LogP contribution in [0.3, 0.4) is 0 Å². The Morgan fingerprint density at radius 2 is 1.67 bits per heavy atom. The number of carbonyl (C=O) groups excluding carboxylic acids is 2. The first-order chi connectivity index (χ1) is 13.1. The number of thioether (sulfide) groups is 1. The molecule has 2 bridgehead atoms. The molecule has 1 saturated carbocycles. The van der Waals surface area contributed by atoms with Gasteiger partial charge in [-0.15, -0.1) is 11.8 Å². The summed E-state index contributed by atoms with van der Waals surface area (Å²) in [5.41, 5.74) is 0.409. The van der Waals surface area contributed by atoms with Gasteiger partial charge in [0.2, 0.25) is 0 Å². The van der Waals surface area contributed by atoms with Gasteiger partial charge in [-0.1, -0.05) is 36.4 Å². The number of fused-ring (bicyclic) bond motifs is 2. The minimum absolute atomic E-state index is 0.185. The quantitative estimate of drug-likeness (QED) is 0.794. The Hall–Kier alpha value is -2.31. The molecule has 0 aromatic heterocycles. The molecule has 4 unspecified atom stereocenters. The molecule has 4 rings (SSSR count). The standard InChI is InChI=1S/C21H21NO4S/c23-18-17-16(26-20(25)15-9-5-2-6-10-15)11-12-21(18,13-27-17)22-19(24)14-7-3-1-4-8-14/h1-10,16-18,23H,11-13H2,(H,22,24). The molecule has 4 atom stereocenters. The van der Waals surface area contributed by atoms with Gasteiger partial charge in [-0.3, -0.25) is 4.79 Å². The predicted molar refractivity (Wildman–Crippen MR) is 104 cm³/mol. The summed E-state index contributed by atoms with van der Waals surface area (Å²) in [6, 6.07) is 17.9. The van der Waals surface area contributed by atoms with E-state index in [1.807, 2.05) is 24.3 Å². The number of amides is 1. The molecule has 1 heterocycles. The molecule has 2 fully saturated rings. The minimum Gasteiger partial charge on any atom is -0.457 e. The Bertz CT molecular complexity index is 829. The van der Waals surface area contributed by atoms with Gasteiger partial charge in [-0.2, -0.15) is 0 Å². The van der Waals surface area contributed by atoms with Crippen LogP contribution in [0.15, 0.2) is 60.7 Å². The second-order valence-corrected chi connectivity index (χ2v) is 8.21. The predicted octanol–water partition coefficient (Wildman–Crippen LogP) is 2.65. The zero-order chi connectivity index (χ0) is 18.9. The van der Waals surface area contributed by atoms with Crippen LogP contribution < -0.4 is 5.32 Å². The Morgan fingerprint density at radius 1 is 1.04 bits per heavy atom. The number of esters is 1. The fraction of sp³-hybridized carbons (Fsp3) is 0.333. The van der Waals surface area contributed by atoms with Gasteiger partial charge < -0.3 is 15.2 Å². The molecule has 1 aliphatic carbocycles. The van der Waals surface area contributed by atoms with E-state index in [1.165, 1.54) is 0 Å². The number of hydrogen-bond acceptors (Lipinski definition) is 5. The zero-order valence-corrected chi connectivity index (χ0v) is 15.5. The average Bonchev–Trinajstić information content (AvgIpc) is 2.90. The Balaban J connectivity index is 1.44. The van der Waals surface area contributed by atoms with E-state index in [9.17, 15) is 14.7 Å². The van der Waals surface area contributed by atoms with Crippen LogP contribution in [-0.2, 0) is 4.74 Å². The van der Waals surface area contributed by atoms with E-state index in [1.54, 1.807) is 48.2 Å². The molecular formula is C21H21NO4S. The van der Waals surface area contributed by atoms with Crippen LogP contribution in [-0.4, -0.2) is 45.7 Å². The summed E-state index contributed by atoms with van der Waals surface area (Å²) in [4.78, 5) is 24.9. The third kappa shape index (κ3) is 3.47. The van der Waals surface area contributed by atoms with Gasteiger partial charge in [0.15, 0.2) is 0 Å². The van der Waals surface area contributed by atoms with Gasteiger partial charge >= 0.3 is 5.97 Å². The monoisotopic (exact) mass is 383 g/mol. The summed E-state index contributed by atoms with van der Waals surface area (Å²) in [7, 11) is 0. The number of carbonyl (C=O) groups is 2. The summed E-state index contributed by atoms with van der Waals surface area (Å²) in [6.45, 7) is 0. The van der Waals surface area contributed by atoms with Gasteiger partial charge in [-0.05, 0) is 37.1 Å². The largest absolute Gasteiger partial charge is 0.457 e. The molecule has 1 amide bonds. The highest BCUT2D eigenvalue weighted by molar-refractivity contribution is 8.00. The van der Waals surface area contributed by atoms with E-state index >= 15 is 0 Å². The number of ether oxygens (including phenoxy) is 1. The second-order valence-electron chi connectivity index (χ2n) is 7.05. The lowest BCUT2D eigenvalue weighted by molar-refractivity contribution is -0.0227. The maximum absolute atomic E-state index is 12.6. The normalized spacial score (nSPS) is 29.1. The Kier molecular flexibility index (Phi) is 4.93. The lowest BCUT2D eigenvalue weighted by Gasteiger charge is -2.40. The van der Waals surface area contributed by atoms with Crippen LogP contribution in [0.25, 0.3) is 0 Å². The van der Waals surface area contributed by atoms with Crippen molar-refractivity contribution in [2.24, 2.45) is 0 Å². The van der Waals surface area contributed by atoms with Gasteiger partial charge in [0.05, 0.1) is 22.5 Å². The van der Waals surface area contributed by atoms with E-state index in [0.29, 0.717) is 29.7 Å². The smallest absolute Gasteiger partial charge is 0.338 e. The minimum atomic E-state index is -0.752. The van der Waals surface area contributed by atoms with Crippen LogP contribution in [0.4, 0.5) is 0 Å². The molecule has 2 aromatic rings. The van der Waals surface area contributed by atoms with Crippen molar-refractivity contribution in [1.29, 1.82) is 0 Å². The SMILES string of the molecule is O=C(NC12CCC(OC(=O)c3ccccc3)C(SC1)C2O)c1ccccc1. The van der Waals surface area contributed by atoms with Crippen molar-refractivity contribution in [3.05, 3.63) is 71.8 Å². The number of hydrogen-bond donors (Lipinski definition) is 2. The molecule has 6 heteroatoms.